The summed E-state index contributed by atoms with van der Waals surface area (Å²) in [5, 5.41) is 15.5. The van der Waals surface area contributed by atoms with E-state index in [-0.39, 0.29) is 6.04 Å². The molecule has 1 aliphatic heterocycles. The normalized spacial score (nSPS) is 15.6. The molecule has 0 radical (unpaired) electrons. The lowest BCUT2D eigenvalue weighted by Crippen LogP contribution is -2.20. The summed E-state index contributed by atoms with van der Waals surface area (Å²) in [5.74, 6) is 2.57. The van der Waals surface area contributed by atoms with Crippen LogP contribution in [0.4, 0.5) is 5.95 Å². The van der Waals surface area contributed by atoms with Crippen LogP contribution in [0.15, 0.2) is 48.5 Å². The lowest BCUT2D eigenvalue weighted by Gasteiger charge is -2.25. The molecule has 28 heavy (non-hydrogen) atoms. The van der Waals surface area contributed by atoms with Crippen LogP contribution >= 0.6 is 0 Å². The molecule has 0 unspecified atom stereocenters. The Hall–Kier alpha value is -3.35. The lowest BCUT2D eigenvalue weighted by molar-refractivity contribution is 0.393. The summed E-state index contributed by atoms with van der Waals surface area (Å²) in [5.41, 5.74) is 4.25. The van der Waals surface area contributed by atoms with Gasteiger partial charge in [0.2, 0.25) is 5.95 Å². The Balaban J connectivity index is 1.80. The first kappa shape index (κ1) is 18.0. The summed E-state index contributed by atoms with van der Waals surface area (Å²) in [6.07, 6.45) is 2.10. The van der Waals surface area contributed by atoms with E-state index in [1.54, 1.807) is 18.9 Å². The van der Waals surface area contributed by atoms with E-state index in [4.69, 9.17) is 9.47 Å². The van der Waals surface area contributed by atoms with E-state index in [0.717, 1.165) is 28.3 Å². The number of ether oxygens (including phenoxy) is 2. The largest absolute Gasteiger partial charge is 0.497 e. The Morgan fingerprint density at radius 3 is 2.50 bits per heavy atom. The van der Waals surface area contributed by atoms with Crippen molar-refractivity contribution in [3.63, 3.8) is 0 Å². The van der Waals surface area contributed by atoms with Crippen LogP contribution in [-0.2, 0) is 0 Å². The number of hydrogen-bond acceptors (Lipinski definition) is 6. The van der Waals surface area contributed by atoms with Crippen molar-refractivity contribution in [3.05, 3.63) is 65.2 Å². The molecule has 0 saturated heterocycles. The van der Waals surface area contributed by atoms with Crippen molar-refractivity contribution in [2.24, 2.45) is 0 Å². The van der Waals surface area contributed by atoms with Crippen molar-refractivity contribution < 1.29 is 9.47 Å². The third kappa shape index (κ3) is 3.19. The molecule has 7 nitrogen and oxygen atoms in total. The van der Waals surface area contributed by atoms with Crippen LogP contribution in [-0.4, -0.2) is 34.4 Å². The van der Waals surface area contributed by atoms with Gasteiger partial charge in [0.15, 0.2) is 0 Å². The lowest BCUT2D eigenvalue weighted by atomic mass is 9.98. The van der Waals surface area contributed by atoms with Crippen LogP contribution in [0, 0.1) is 0 Å². The Morgan fingerprint density at radius 1 is 1.04 bits per heavy atom. The average molecular weight is 377 g/mol. The second kappa shape index (κ2) is 7.34. The highest BCUT2D eigenvalue weighted by Gasteiger charge is 2.27. The van der Waals surface area contributed by atoms with E-state index >= 15 is 0 Å². The van der Waals surface area contributed by atoms with E-state index in [0.29, 0.717) is 11.9 Å². The average Bonchev–Trinajstić information content (AvgIpc) is 3.21. The van der Waals surface area contributed by atoms with Gasteiger partial charge in [0, 0.05) is 11.3 Å². The maximum Gasteiger partial charge on any atom is 0.248 e. The first-order chi connectivity index (χ1) is 13.6. The highest BCUT2D eigenvalue weighted by molar-refractivity contribution is 5.77. The predicted octanol–water partition coefficient (Wildman–Crippen LogP) is 3.87. The zero-order valence-electron chi connectivity index (χ0n) is 16.4. The minimum absolute atomic E-state index is 0.226. The fourth-order valence-electron chi connectivity index (χ4n) is 3.36. The Kier molecular flexibility index (Phi) is 4.73. The van der Waals surface area contributed by atoms with E-state index in [9.17, 15) is 0 Å². The number of nitrogens with one attached hydrogen (secondary N) is 1. The molecular weight excluding hydrogens is 354 g/mol. The summed E-state index contributed by atoms with van der Waals surface area (Å²) < 4.78 is 12.7. The number of benzene rings is 2. The van der Waals surface area contributed by atoms with Gasteiger partial charge in [0.05, 0.1) is 14.2 Å². The monoisotopic (exact) mass is 377 g/mol. The van der Waals surface area contributed by atoms with Crippen molar-refractivity contribution in [1.82, 2.24) is 20.2 Å². The van der Waals surface area contributed by atoms with E-state index in [1.807, 2.05) is 18.2 Å². The summed E-state index contributed by atoms with van der Waals surface area (Å²) in [4.78, 5) is 0. The van der Waals surface area contributed by atoms with E-state index in [2.05, 4.69) is 65.0 Å². The maximum absolute atomic E-state index is 5.59. The predicted molar refractivity (Wildman–Crippen MR) is 108 cm³/mol. The van der Waals surface area contributed by atoms with Crippen LogP contribution in [0.2, 0.25) is 0 Å². The summed E-state index contributed by atoms with van der Waals surface area (Å²) in [7, 11) is 3.30. The second-order valence-corrected chi connectivity index (χ2v) is 6.98. The SMILES string of the molecule is COc1ccc(OC)c([C@@H]2C=C(c3ccc(C(C)C)cc3)Nc3nnnn32)c1. The van der Waals surface area contributed by atoms with Gasteiger partial charge in [-0.15, -0.1) is 0 Å². The summed E-state index contributed by atoms with van der Waals surface area (Å²) in [6.45, 7) is 4.37. The number of allylic oxidation sites excluding steroid dienone is 1. The van der Waals surface area contributed by atoms with Crippen molar-refractivity contribution in [3.8, 4) is 11.5 Å². The van der Waals surface area contributed by atoms with Gasteiger partial charge in [-0.1, -0.05) is 43.2 Å². The molecule has 2 aromatic carbocycles. The summed E-state index contributed by atoms with van der Waals surface area (Å²) >= 11 is 0. The van der Waals surface area contributed by atoms with Gasteiger partial charge in [-0.3, -0.25) is 0 Å². The Labute approximate surface area is 164 Å². The zero-order chi connectivity index (χ0) is 19.7. The molecule has 0 amide bonds. The van der Waals surface area contributed by atoms with Crippen LogP contribution in [0.1, 0.15) is 42.5 Å². The number of aromatic nitrogens is 4. The number of nitrogens with zero attached hydrogens (tertiary/aromatic N) is 4. The van der Waals surface area contributed by atoms with Gasteiger partial charge >= 0.3 is 0 Å². The zero-order valence-corrected chi connectivity index (χ0v) is 16.4. The molecule has 1 N–H and O–H groups in total. The molecule has 1 aliphatic rings. The number of methoxy groups -OCH3 is 2. The molecule has 0 saturated carbocycles. The molecule has 0 aliphatic carbocycles. The molecule has 4 rings (SSSR count). The molecule has 0 spiro atoms. The van der Waals surface area contributed by atoms with Crippen LogP contribution in [0.5, 0.6) is 11.5 Å². The molecule has 0 bridgehead atoms. The van der Waals surface area contributed by atoms with E-state index < -0.39 is 0 Å². The van der Waals surface area contributed by atoms with Gasteiger partial charge in [0.1, 0.15) is 17.5 Å². The second-order valence-electron chi connectivity index (χ2n) is 6.98. The topological polar surface area (TPSA) is 74.1 Å². The van der Waals surface area contributed by atoms with Crippen molar-refractivity contribution in [2.45, 2.75) is 25.8 Å². The number of tetrazole rings is 1. The van der Waals surface area contributed by atoms with Gasteiger partial charge < -0.3 is 14.8 Å². The third-order valence-electron chi connectivity index (χ3n) is 4.97. The third-order valence-corrected chi connectivity index (χ3v) is 4.97. The van der Waals surface area contributed by atoms with Gasteiger partial charge in [-0.05, 0) is 51.7 Å². The molecule has 1 aromatic heterocycles. The fraction of sp³-hybridized carbons (Fsp3) is 0.286. The van der Waals surface area contributed by atoms with Crippen LogP contribution < -0.4 is 14.8 Å². The standard InChI is InChI=1S/C21H23N5O2/c1-13(2)14-5-7-15(8-6-14)18-12-19(26-21(22-18)23-24-25-26)17-11-16(27-3)9-10-20(17)28-4/h5-13,19H,1-4H3,(H,22,23,25)/t19-/m0/s1. The Morgan fingerprint density at radius 2 is 1.82 bits per heavy atom. The van der Waals surface area contributed by atoms with E-state index in [1.165, 1.54) is 5.56 Å². The molecule has 7 heteroatoms. The quantitative estimate of drug-likeness (QED) is 0.728. The van der Waals surface area contributed by atoms with Gasteiger partial charge in [-0.25, -0.2) is 0 Å². The molecule has 144 valence electrons. The van der Waals surface area contributed by atoms with Crippen molar-refractivity contribution in [1.29, 1.82) is 0 Å². The highest BCUT2D eigenvalue weighted by Crippen LogP contribution is 2.37. The first-order valence-corrected chi connectivity index (χ1v) is 9.19. The number of anilines is 1. The van der Waals surface area contributed by atoms with Crippen LogP contribution in [0.3, 0.4) is 0 Å². The first-order valence-electron chi connectivity index (χ1n) is 9.19. The smallest absolute Gasteiger partial charge is 0.248 e. The van der Waals surface area contributed by atoms with Gasteiger partial charge in [-0.2, -0.15) is 4.68 Å². The van der Waals surface area contributed by atoms with Gasteiger partial charge in [0.25, 0.3) is 0 Å². The molecule has 0 fully saturated rings. The minimum Gasteiger partial charge on any atom is -0.497 e. The Bertz CT molecular complexity index is 1010. The maximum atomic E-state index is 5.59. The summed E-state index contributed by atoms with van der Waals surface area (Å²) in [6, 6.07) is 14.0. The number of fused-ring (bicyclic) bond motifs is 1. The fourth-order valence-corrected chi connectivity index (χ4v) is 3.36. The number of rotatable bonds is 5. The minimum atomic E-state index is -0.226. The molecular formula is C21H23N5O2. The highest BCUT2D eigenvalue weighted by atomic mass is 16.5. The molecule has 3 aromatic rings. The van der Waals surface area contributed by atoms with Crippen molar-refractivity contribution in [2.75, 3.05) is 19.5 Å². The molecule has 1 atom stereocenters. The number of hydrogen-bond donors (Lipinski definition) is 1. The molecule has 2 heterocycles. The van der Waals surface area contributed by atoms with Crippen molar-refractivity contribution >= 4 is 11.6 Å². The van der Waals surface area contributed by atoms with Crippen LogP contribution in [0.25, 0.3) is 5.70 Å².